The zero-order valence-electron chi connectivity index (χ0n) is 18.7. The number of fused-ring (bicyclic) bond motifs is 1. The lowest BCUT2D eigenvalue weighted by Crippen LogP contribution is -2.53. The molecule has 3 amide bonds. The second-order valence-corrected chi connectivity index (χ2v) is 8.54. The molecule has 1 atom stereocenters. The maximum absolute atomic E-state index is 13.2. The van der Waals surface area contributed by atoms with E-state index < -0.39 is 0 Å². The molecule has 7 heteroatoms. The van der Waals surface area contributed by atoms with Crippen LogP contribution < -0.4 is 9.47 Å². The van der Waals surface area contributed by atoms with E-state index in [1.54, 1.807) is 6.07 Å². The monoisotopic (exact) mass is 417 g/mol. The third-order valence-corrected chi connectivity index (χ3v) is 5.42. The molecular formula is C23H35N3O4. The lowest BCUT2D eigenvalue weighted by atomic mass is 10.1. The molecule has 2 heterocycles. The summed E-state index contributed by atoms with van der Waals surface area (Å²) in [4.78, 5) is 31.5. The predicted molar refractivity (Wildman–Crippen MR) is 116 cm³/mol. The van der Waals surface area contributed by atoms with E-state index in [9.17, 15) is 9.59 Å². The zero-order valence-corrected chi connectivity index (χ0v) is 18.7. The Morgan fingerprint density at radius 3 is 2.43 bits per heavy atom. The summed E-state index contributed by atoms with van der Waals surface area (Å²) < 4.78 is 11.6. The number of hydrogen-bond donors (Lipinski definition) is 0. The van der Waals surface area contributed by atoms with Gasteiger partial charge in [0.2, 0.25) is 0 Å². The Balaban J connectivity index is 1.70. The number of piperazine rings is 1. The van der Waals surface area contributed by atoms with E-state index in [4.69, 9.17) is 9.47 Å². The van der Waals surface area contributed by atoms with E-state index >= 15 is 0 Å². The first-order chi connectivity index (χ1) is 14.4. The van der Waals surface area contributed by atoms with Crippen LogP contribution in [0.25, 0.3) is 0 Å². The molecule has 0 radical (unpaired) electrons. The summed E-state index contributed by atoms with van der Waals surface area (Å²) in [5.74, 6) is 1.71. The molecule has 0 bridgehead atoms. The van der Waals surface area contributed by atoms with Crippen molar-refractivity contribution >= 4 is 11.9 Å². The molecule has 0 aliphatic carbocycles. The lowest BCUT2D eigenvalue weighted by molar-refractivity contribution is 0.0616. The Kier molecular flexibility index (Phi) is 7.45. The number of carbonyl (C=O) groups is 2. The van der Waals surface area contributed by atoms with Gasteiger partial charge < -0.3 is 24.2 Å². The summed E-state index contributed by atoms with van der Waals surface area (Å²) in [7, 11) is 0. The number of amides is 3. The summed E-state index contributed by atoms with van der Waals surface area (Å²) in [5, 5.41) is 0. The molecule has 166 valence electrons. The van der Waals surface area contributed by atoms with Crippen molar-refractivity contribution in [3.05, 3.63) is 23.8 Å². The molecule has 7 nitrogen and oxygen atoms in total. The maximum Gasteiger partial charge on any atom is 0.320 e. The van der Waals surface area contributed by atoms with Crippen molar-refractivity contribution < 1.29 is 19.1 Å². The predicted octanol–water partition coefficient (Wildman–Crippen LogP) is 3.48. The van der Waals surface area contributed by atoms with E-state index in [1.807, 2.05) is 33.8 Å². The van der Waals surface area contributed by atoms with Gasteiger partial charge in [0, 0.05) is 38.3 Å². The van der Waals surface area contributed by atoms with Gasteiger partial charge in [-0.1, -0.05) is 27.7 Å². The summed E-state index contributed by atoms with van der Waals surface area (Å²) in [6, 6.07) is 5.60. The molecule has 2 aliphatic heterocycles. The number of urea groups is 1. The van der Waals surface area contributed by atoms with Crippen molar-refractivity contribution in [3.8, 4) is 11.5 Å². The molecule has 2 aliphatic rings. The van der Waals surface area contributed by atoms with Crippen molar-refractivity contribution in [2.45, 2.75) is 46.6 Å². The highest BCUT2D eigenvalue weighted by Crippen LogP contribution is 2.30. The van der Waals surface area contributed by atoms with E-state index in [0.29, 0.717) is 62.4 Å². The Bertz CT molecular complexity index is 752. The first-order valence-electron chi connectivity index (χ1n) is 11.2. The maximum atomic E-state index is 13.2. The Hall–Kier alpha value is -2.44. The number of nitrogens with zero attached hydrogens (tertiary/aromatic N) is 3. The zero-order chi connectivity index (χ0) is 21.7. The fraction of sp³-hybridized carbons (Fsp3) is 0.652. The molecule has 2 saturated heterocycles. The molecule has 0 saturated carbocycles. The van der Waals surface area contributed by atoms with Crippen LogP contribution >= 0.6 is 0 Å². The van der Waals surface area contributed by atoms with Gasteiger partial charge in [0.1, 0.15) is 0 Å². The van der Waals surface area contributed by atoms with Crippen LogP contribution in [0, 0.1) is 5.92 Å². The summed E-state index contributed by atoms with van der Waals surface area (Å²) in [6.07, 6.45) is 1.79. The van der Waals surface area contributed by atoms with E-state index in [2.05, 4.69) is 20.8 Å². The van der Waals surface area contributed by atoms with Crippen LogP contribution in [0.3, 0.4) is 0 Å². The second-order valence-electron chi connectivity index (χ2n) is 8.54. The van der Waals surface area contributed by atoms with Gasteiger partial charge in [0.05, 0.1) is 19.3 Å². The summed E-state index contributed by atoms with van der Waals surface area (Å²) in [6.45, 7) is 12.7. The average Bonchev–Trinajstić information content (AvgIpc) is 3.04. The van der Waals surface area contributed by atoms with Crippen LogP contribution in [0.4, 0.5) is 4.79 Å². The van der Waals surface area contributed by atoms with Crippen molar-refractivity contribution in [3.63, 3.8) is 0 Å². The molecule has 30 heavy (non-hydrogen) atoms. The van der Waals surface area contributed by atoms with Gasteiger partial charge in [0.25, 0.3) is 5.91 Å². The van der Waals surface area contributed by atoms with Crippen molar-refractivity contribution in [1.82, 2.24) is 14.7 Å². The standard InChI is InChI=1S/C23H35N3O4/c1-5-11-29-20-8-7-18(13-21(20)30-12-6-2)22(27)24-9-10-26-19(15-24)16-25(23(26)28)14-17(3)4/h7-8,13,17,19H,5-6,9-12,14-16H2,1-4H3/t19-/m1/s1. The van der Waals surface area contributed by atoms with Crippen LogP contribution in [-0.2, 0) is 0 Å². The summed E-state index contributed by atoms with van der Waals surface area (Å²) >= 11 is 0. The van der Waals surface area contributed by atoms with E-state index in [-0.39, 0.29) is 18.0 Å². The number of hydrogen-bond acceptors (Lipinski definition) is 4. The minimum atomic E-state index is -0.0206. The first-order valence-corrected chi connectivity index (χ1v) is 11.2. The number of carbonyl (C=O) groups excluding carboxylic acids is 2. The quantitative estimate of drug-likeness (QED) is 0.617. The molecule has 0 spiro atoms. The third-order valence-electron chi connectivity index (χ3n) is 5.42. The fourth-order valence-electron chi connectivity index (χ4n) is 4.04. The Morgan fingerprint density at radius 1 is 1.07 bits per heavy atom. The minimum Gasteiger partial charge on any atom is -0.490 e. The first kappa shape index (κ1) is 22.2. The third kappa shape index (κ3) is 4.99. The molecule has 1 aromatic carbocycles. The average molecular weight is 418 g/mol. The van der Waals surface area contributed by atoms with Crippen LogP contribution in [-0.4, -0.2) is 78.6 Å². The van der Waals surface area contributed by atoms with Gasteiger partial charge in [-0.2, -0.15) is 0 Å². The highest BCUT2D eigenvalue weighted by atomic mass is 16.5. The van der Waals surface area contributed by atoms with Gasteiger partial charge in [-0.15, -0.1) is 0 Å². The number of rotatable bonds is 9. The molecular weight excluding hydrogens is 382 g/mol. The number of ether oxygens (including phenoxy) is 2. The topological polar surface area (TPSA) is 62.3 Å². The van der Waals surface area contributed by atoms with Crippen molar-refractivity contribution in [2.75, 3.05) is 45.9 Å². The van der Waals surface area contributed by atoms with E-state index in [1.165, 1.54) is 0 Å². The highest BCUT2D eigenvalue weighted by Gasteiger charge is 2.41. The van der Waals surface area contributed by atoms with Gasteiger partial charge in [-0.25, -0.2) is 4.79 Å². The summed E-state index contributed by atoms with van der Waals surface area (Å²) in [5.41, 5.74) is 0.599. The molecule has 0 N–H and O–H groups in total. The van der Waals surface area contributed by atoms with Crippen molar-refractivity contribution in [1.29, 1.82) is 0 Å². The van der Waals surface area contributed by atoms with Crippen LogP contribution in [0.5, 0.6) is 11.5 Å². The SMILES string of the molecule is CCCOc1ccc(C(=O)N2CCN3C(=O)N(CC(C)C)C[C@H]3C2)cc1OCCC. The van der Waals surface area contributed by atoms with Gasteiger partial charge in [0.15, 0.2) is 11.5 Å². The smallest absolute Gasteiger partial charge is 0.320 e. The molecule has 0 aromatic heterocycles. The van der Waals surface area contributed by atoms with Gasteiger partial charge in [-0.3, -0.25) is 4.79 Å². The van der Waals surface area contributed by atoms with Gasteiger partial charge in [-0.05, 0) is 37.0 Å². The molecule has 2 fully saturated rings. The van der Waals surface area contributed by atoms with E-state index in [0.717, 1.165) is 19.4 Å². The Morgan fingerprint density at radius 2 is 1.77 bits per heavy atom. The van der Waals surface area contributed by atoms with Crippen LogP contribution in [0.2, 0.25) is 0 Å². The van der Waals surface area contributed by atoms with Crippen molar-refractivity contribution in [2.24, 2.45) is 5.92 Å². The molecule has 0 unspecified atom stereocenters. The Labute approximate surface area is 179 Å². The lowest BCUT2D eigenvalue weighted by Gasteiger charge is -2.36. The highest BCUT2D eigenvalue weighted by molar-refractivity contribution is 5.95. The number of benzene rings is 1. The molecule has 3 rings (SSSR count). The molecule has 1 aromatic rings. The fourth-order valence-corrected chi connectivity index (χ4v) is 4.04. The van der Waals surface area contributed by atoms with Crippen LogP contribution in [0.15, 0.2) is 18.2 Å². The van der Waals surface area contributed by atoms with Crippen LogP contribution in [0.1, 0.15) is 50.9 Å². The van der Waals surface area contributed by atoms with Gasteiger partial charge >= 0.3 is 6.03 Å². The minimum absolute atomic E-state index is 0.0206. The normalized spacial score (nSPS) is 18.8. The second kappa shape index (κ2) is 10.0. The largest absolute Gasteiger partial charge is 0.490 e.